The van der Waals surface area contributed by atoms with Crippen LogP contribution in [0.1, 0.15) is 18.0 Å². The summed E-state index contributed by atoms with van der Waals surface area (Å²) in [5, 5.41) is 3.25. The number of hydrogen-bond donors (Lipinski definition) is 2. The van der Waals surface area contributed by atoms with Gasteiger partial charge in [0.1, 0.15) is 11.9 Å². The molecule has 1 heterocycles. The molecule has 0 aliphatic carbocycles. The van der Waals surface area contributed by atoms with Gasteiger partial charge in [-0.3, -0.25) is 9.69 Å². The number of carbonyl (C=O) groups is 1. The quantitative estimate of drug-likeness (QED) is 0.858. The van der Waals surface area contributed by atoms with Crippen molar-refractivity contribution < 1.29 is 9.18 Å². The molecule has 0 bridgehead atoms. The molecule has 20 heavy (non-hydrogen) atoms. The molecule has 0 aromatic heterocycles. The molecule has 1 unspecified atom stereocenters. The molecule has 1 aromatic carbocycles. The zero-order chi connectivity index (χ0) is 13.8. The van der Waals surface area contributed by atoms with E-state index in [1.165, 1.54) is 6.07 Å². The van der Waals surface area contributed by atoms with Gasteiger partial charge in [-0.15, -0.1) is 12.4 Å². The normalized spacial score (nSPS) is 17.9. The van der Waals surface area contributed by atoms with E-state index >= 15 is 0 Å². The first-order valence-corrected chi connectivity index (χ1v) is 7.08. The van der Waals surface area contributed by atoms with Crippen LogP contribution in [0.3, 0.4) is 0 Å². The molecule has 1 amide bonds. The highest BCUT2D eigenvalue weighted by atomic mass is 79.9. The summed E-state index contributed by atoms with van der Waals surface area (Å²) in [5.41, 5.74) is 5.82. The number of amides is 1. The Hall–Kier alpha value is -0.690. The number of benzene rings is 1. The largest absolute Gasteiger partial charge is 0.368 e. The van der Waals surface area contributed by atoms with Crippen molar-refractivity contribution in [2.45, 2.75) is 12.5 Å². The Morgan fingerprint density at radius 1 is 1.40 bits per heavy atom. The maximum atomic E-state index is 14.0. The number of hydrogen-bond acceptors (Lipinski definition) is 3. The number of primary amides is 1. The molecule has 7 heteroatoms. The summed E-state index contributed by atoms with van der Waals surface area (Å²) in [6.07, 6.45) is 0.919. The zero-order valence-corrected chi connectivity index (χ0v) is 13.3. The lowest BCUT2D eigenvalue weighted by molar-refractivity contribution is -0.123. The van der Waals surface area contributed by atoms with Crippen molar-refractivity contribution in [3.63, 3.8) is 0 Å². The van der Waals surface area contributed by atoms with Crippen molar-refractivity contribution >= 4 is 34.2 Å². The van der Waals surface area contributed by atoms with E-state index in [-0.39, 0.29) is 12.4 Å². The predicted molar refractivity (Wildman–Crippen MR) is 82.3 cm³/mol. The van der Waals surface area contributed by atoms with Crippen LogP contribution in [0.25, 0.3) is 0 Å². The van der Waals surface area contributed by atoms with Crippen LogP contribution in [0.4, 0.5) is 4.39 Å². The van der Waals surface area contributed by atoms with Crippen LogP contribution < -0.4 is 11.1 Å². The summed E-state index contributed by atoms with van der Waals surface area (Å²) in [5.74, 6) is -0.918. The van der Waals surface area contributed by atoms with Gasteiger partial charge in [0.25, 0.3) is 0 Å². The molecule has 1 saturated heterocycles. The van der Waals surface area contributed by atoms with Crippen molar-refractivity contribution in [2.75, 3.05) is 26.2 Å². The number of nitrogens with one attached hydrogen (secondary N) is 1. The van der Waals surface area contributed by atoms with Gasteiger partial charge in [-0.2, -0.15) is 0 Å². The maximum absolute atomic E-state index is 14.0. The van der Waals surface area contributed by atoms with E-state index in [1.54, 1.807) is 12.1 Å². The van der Waals surface area contributed by atoms with E-state index in [9.17, 15) is 9.18 Å². The third kappa shape index (κ3) is 4.15. The van der Waals surface area contributed by atoms with E-state index < -0.39 is 17.8 Å². The van der Waals surface area contributed by atoms with Crippen LogP contribution >= 0.6 is 28.3 Å². The molecule has 112 valence electrons. The fourth-order valence-corrected chi connectivity index (χ4v) is 2.71. The molecule has 0 saturated carbocycles. The van der Waals surface area contributed by atoms with E-state index in [0.29, 0.717) is 16.6 Å². The Kier molecular flexibility index (Phi) is 6.88. The lowest BCUT2D eigenvalue weighted by Crippen LogP contribution is -2.40. The van der Waals surface area contributed by atoms with Crippen LogP contribution in [0.15, 0.2) is 22.7 Å². The van der Waals surface area contributed by atoms with Crippen molar-refractivity contribution in [1.29, 1.82) is 0 Å². The van der Waals surface area contributed by atoms with Gasteiger partial charge in [0.05, 0.1) is 0 Å². The minimum Gasteiger partial charge on any atom is -0.368 e. The molecule has 1 aromatic rings. The van der Waals surface area contributed by atoms with Crippen molar-refractivity contribution in [3.8, 4) is 0 Å². The molecule has 1 fully saturated rings. The minimum atomic E-state index is -0.701. The summed E-state index contributed by atoms with van der Waals surface area (Å²) in [6, 6.07) is 4.01. The molecule has 2 rings (SSSR count). The van der Waals surface area contributed by atoms with Crippen molar-refractivity contribution in [1.82, 2.24) is 10.2 Å². The smallest absolute Gasteiger partial charge is 0.239 e. The average Bonchev–Trinajstić information content (AvgIpc) is 2.61. The second kappa shape index (κ2) is 7.93. The van der Waals surface area contributed by atoms with Gasteiger partial charge < -0.3 is 11.1 Å². The Morgan fingerprint density at radius 3 is 2.80 bits per heavy atom. The fraction of sp³-hybridized carbons (Fsp3) is 0.462. The van der Waals surface area contributed by atoms with Gasteiger partial charge in [0.2, 0.25) is 5.91 Å². The summed E-state index contributed by atoms with van der Waals surface area (Å²) < 4.78 is 14.7. The van der Waals surface area contributed by atoms with E-state index in [2.05, 4.69) is 21.2 Å². The maximum Gasteiger partial charge on any atom is 0.239 e. The van der Waals surface area contributed by atoms with Crippen LogP contribution in [0.2, 0.25) is 0 Å². The number of rotatable bonds is 3. The summed E-state index contributed by atoms with van der Waals surface area (Å²) in [7, 11) is 0. The first-order valence-electron chi connectivity index (χ1n) is 6.28. The predicted octanol–water partition coefficient (Wildman–Crippen LogP) is 1.83. The molecule has 1 aliphatic heterocycles. The molecule has 0 radical (unpaired) electrons. The molecular formula is C13H18BrClFN3O. The highest BCUT2D eigenvalue weighted by Crippen LogP contribution is 2.26. The standard InChI is InChI=1S/C13H17BrFN3O.ClH/c14-9-2-3-10(11(15)8-9)12(13(16)19)18-6-1-4-17-5-7-18;/h2-3,8,12,17H,1,4-7H2,(H2,16,19);1H. The topological polar surface area (TPSA) is 58.4 Å². The molecular weight excluding hydrogens is 349 g/mol. The van der Waals surface area contributed by atoms with Crippen LogP contribution in [0.5, 0.6) is 0 Å². The van der Waals surface area contributed by atoms with E-state index in [4.69, 9.17) is 5.73 Å². The van der Waals surface area contributed by atoms with Gasteiger partial charge in [0, 0.05) is 29.7 Å². The Morgan fingerprint density at radius 2 is 2.15 bits per heavy atom. The van der Waals surface area contributed by atoms with Crippen LogP contribution in [-0.4, -0.2) is 37.0 Å². The van der Waals surface area contributed by atoms with Gasteiger partial charge in [-0.1, -0.05) is 22.0 Å². The highest BCUT2D eigenvalue weighted by molar-refractivity contribution is 9.10. The first-order chi connectivity index (χ1) is 9.09. The zero-order valence-electron chi connectivity index (χ0n) is 10.9. The van der Waals surface area contributed by atoms with Gasteiger partial charge in [0.15, 0.2) is 0 Å². The van der Waals surface area contributed by atoms with Crippen LogP contribution in [0, 0.1) is 5.82 Å². The summed E-state index contributed by atoms with van der Waals surface area (Å²) in [6.45, 7) is 3.10. The fourth-order valence-electron chi connectivity index (χ4n) is 2.38. The van der Waals surface area contributed by atoms with Crippen molar-refractivity contribution in [3.05, 3.63) is 34.1 Å². The third-order valence-electron chi connectivity index (χ3n) is 3.27. The molecule has 4 nitrogen and oxygen atoms in total. The number of nitrogens with zero attached hydrogens (tertiary/aromatic N) is 1. The van der Waals surface area contributed by atoms with E-state index in [0.717, 1.165) is 26.1 Å². The van der Waals surface area contributed by atoms with Gasteiger partial charge in [-0.05, 0) is 25.1 Å². The minimum absolute atomic E-state index is 0. The summed E-state index contributed by atoms with van der Waals surface area (Å²) >= 11 is 3.21. The lowest BCUT2D eigenvalue weighted by atomic mass is 10.0. The number of nitrogens with two attached hydrogens (primary N) is 1. The molecule has 0 spiro atoms. The lowest BCUT2D eigenvalue weighted by Gasteiger charge is -2.28. The summed E-state index contributed by atoms with van der Waals surface area (Å²) in [4.78, 5) is 13.7. The van der Waals surface area contributed by atoms with Gasteiger partial charge >= 0.3 is 0 Å². The molecule has 3 N–H and O–H groups in total. The number of carbonyl (C=O) groups excluding carboxylic acids is 1. The number of halogens is 3. The second-order valence-electron chi connectivity index (χ2n) is 4.61. The van der Waals surface area contributed by atoms with Crippen molar-refractivity contribution in [2.24, 2.45) is 5.73 Å². The second-order valence-corrected chi connectivity index (χ2v) is 5.53. The highest BCUT2D eigenvalue weighted by Gasteiger charge is 2.28. The third-order valence-corrected chi connectivity index (χ3v) is 3.76. The Bertz CT molecular complexity index is 467. The average molecular weight is 367 g/mol. The Balaban J connectivity index is 0.00000200. The molecule has 1 atom stereocenters. The van der Waals surface area contributed by atoms with Crippen LogP contribution in [-0.2, 0) is 4.79 Å². The van der Waals surface area contributed by atoms with Gasteiger partial charge in [-0.25, -0.2) is 4.39 Å². The Labute approximate surface area is 132 Å². The molecule has 1 aliphatic rings. The van der Waals surface area contributed by atoms with E-state index in [1.807, 2.05) is 4.90 Å². The SMILES string of the molecule is Cl.NC(=O)C(c1ccc(Br)cc1F)N1CCCNCC1. The monoisotopic (exact) mass is 365 g/mol. The first kappa shape index (κ1) is 17.4.